The van der Waals surface area contributed by atoms with Gasteiger partial charge in [0.05, 0.1) is 24.7 Å². The van der Waals surface area contributed by atoms with Gasteiger partial charge in [-0.25, -0.2) is 13.6 Å². The van der Waals surface area contributed by atoms with Gasteiger partial charge in [0.2, 0.25) is 10.0 Å². The number of methoxy groups -OCH3 is 1. The van der Waals surface area contributed by atoms with Crippen molar-refractivity contribution < 1.29 is 27.2 Å². The molecule has 9 heteroatoms. The Hall–Kier alpha value is -2.65. The highest BCUT2D eigenvalue weighted by atomic mass is 32.2. The molecule has 0 radical (unpaired) electrons. The molecule has 2 N–H and O–H groups in total. The monoisotopic (exact) mass is 366 g/mol. The van der Waals surface area contributed by atoms with Crippen LogP contribution in [-0.2, 0) is 26.1 Å². The van der Waals surface area contributed by atoms with Gasteiger partial charge in [-0.2, -0.15) is 0 Å². The second-order valence-corrected chi connectivity index (χ2v) is 6.78. The van der Waals surface area contributed by atoms with Crippen molar-refractivity contribution in [1.29, 1.82) is 0 Å². The Morgan fingerprint density at radius 1 is 1.20 bits per heavy atom. The predicted octanol–water partition coefficient (Wildman–Crippen LogP) is 1.13. The van der Waals surface area contributed by atoms with Crippen LogP contribution >= 0.6 is 0 Å². The molecule has 8 nitrogen and oxygen atoms in total. The van der Waals surface area contributed by atoms with Crippen LogP contribution in [-0.4, -0.2) is 38.8 Å². The number of hydrogen-bond donors (Lipinski definition) is 1. The zero-order chi connectivity index (χ0) is 18.4. The molecule has 1 amide bonds. The lowest BCUT2D eigenvalue weighted by Crippen LogP contribution is -2.32. The van der Waals surface area contributed by atoms with Crippen molar-refractivity contribution in [2.45, 2.75) is 17.9 Å². The minimum atomic E-state index is -3.78. The molecule has 2 aromatic rings. The lowest BCUT2D eigenvalue weighted by Gasteiger charge is -2.21. The van der Waals surface area contributed by atoms with Crippen molar-refractivity contribution in [3.63, 3.8) is 0 Å². The number of nitrogens with two attached hydrogens (primary N) is 1. The highest BCUT2D eigenvalue weighted by molar-refractivity contribution is 7.89. The van der Waals surface area contributed by atoms with Gasteiger partial charge in [-0.15, -0.1) is 0 Å². The Bertz CT molecular complexity index is 828. The Kier molecular flexibility index (Phi) is 5.94. The molecule has 134 valence electrons. The van der Waals surface area contributed by atoms with Gasteiger partial charge >= 0.3 is 5.97 Å². The minimum absolute atomic E-state index is 0.0188. The fourth-order valence-corrected chi connectivity index (χ4v) is 2.66. The quantitative estimate of drug-likeness (QED) is 0.734. The molecule has 0 atom stereocenters. The van der Waals surface area contributed by atoms with Crippen molar-refractivity contribution in [2.24, 2.45) is 5.14 Å². The van der Waals surface area contributed by atoms with E-state index >= 15 is 0 Å². The third-order valence-corrected chi connectivity index (χ3v) is 4.39. The zero-order valence-corrected chi connectivity index (χ0v) is 14.4. The fraction of sp³-hybridized carbons (Fsp3) is 0.250. The molecular formula is C16H18N2O6S. The van der Waals surface area contributed by atoms with Gasteiger partial charge in [0, 0.05) is 13.1 Å². The van der Waals surface area contributed by atoms with Crippen molar-refractivity contribution in [1.82, 2.24) is 4.90 Å². The summed E-state index contributed by atoms with van der Waals surface area (Å²) < 4.78 is 32.3. The molecule has 0 aliphatic rings. The third kappa shape index (κ3) is 5.16. The highest BCUT2D eigenvalue weighted by Gasteiger charge is 2.20. The minimum Gasteiger partial charge on any atom is -0.469 e. The Morgan fingerprint density at radius 2 is 1.88 bits per heavy atom. The lowest BCUT2D eigenvalue weighted by atomic mass is 10.2. The molecule has 0 bridgehead atoms. The first-order chi connectivity index (χ1) is 11.8. The van der Waals surface area contributed by atoms with E-state index in [1.54, 1.807) is 18.2 Å². The molecule has 0 spiro atoms. The second kappa shape index (κ2) is 7.95. The average molecular weight is 366 g/mol. The lowest BCUT2D eigenvalue weighted by molar-refractivity contribution is -0.140. The van der Waals surface area contributed by atoms with Crippen LogP contribution in [0.2, 0.25) is 0 Å². The van der Waals surface area contributed by atoms with Gasteiger partial charge in [-0.3, -0.25) is 9.59 Å². The largest absolute Gasteiger partial charge is 0.469 e. The summed E-state index contributed by atoms with van der Waals surface area (Å²) in [4.78, 5) is 25.3. The molecule has 1 heterocycles. The SMILES string of the molecule is COC(=O)CCN(Cc1ccc(S(N)(=O)=O)cc1)C(=O)c1ccco1. The maximum Gasteiger partial charge on any atom is 0.307 e. The fourth-order valence-electron chi connectivity index (χ4n) is 2.14. The summed E-state index contributed by atoms with van der Waals surface area (Å²) in [5.74, 6) is -0.683. The van der Waals surface area contributed by atoms with Gasteiger partial charge in [-0.05, 0) is 29.8 Å². The van der Waals surface area contributed by atoms with Crippen LogP contribution in [0.25, 0.3) is 0 Å². The summed E-state index contributed by atoms with van der Waals surface area (Å²) in [6.07, 6.45) is 1.41. The van der Waals surface area contributed by atoms with E-state index in [0.717, 1.165) is 0 Å². The van der Waals surface area contributed by atoms with E-state index < -0.39 is 16.0 Å². The van der Waals surface area contributed by atoms with Crippen LogP contribution < -0.4 is 5.14 Å². The molecule has 0 saturated heterocycles. The Morgan fingerprint density at radius 3 is 2.40 bits per heavy atom. The first-order valence-electron chi connectivity index (χ1n) is 7.32. The maximum absolute atomic E-state index is 12.5. The number of ether oxygens (including phenoxy) is 1. The van der Waals surface area contributed by atoms with Crippen molar-refractivity contribution in [2.75, 3.05) is 13.7 Å². The normalized spacial score (nSPS) is 11.1. The van der Waals surface area contributed by atoms with Gasteiger partial charge in [-0.1, -0.05) is 12.1 Å². The molecular weight excluding hydrogens is 348 g/mol. The Balaban J connectivity index is 2.17. The summed E-state index contributed by atoms with van der Waals surface area (Å²) in [7, 11) is -2.51. The predicted molar refractivity (Wildman–Crippen MR) is 87.9 cm³/mol. The summed E-state index contributed by atoms with van der Waals surface area (Å²) in [6.45, 7) is 0.296. The standard InChI is InChI=1S/C16H18N2O6S/c1-23-15(19)8-9-18(16(20)14-3-2-10-24-14)11-12-4-6-13(7-5-12)25(17,21)22/h2-7,10H,8-9,11H2,1H3,(H2,17,21,22). The van der Waals surface area contributed by atoms with Gasteiger partial charge < -0.3 is 14.1 Å². The number of sulfonamides is 1. The molecule has 0 fully saturated rings. The number of carbonyl (C=O) groups is 2. The van der Waals surface area contributed by atoms with E-state index in [0.29, 0.717) is 5.56 Å². The number of furan rings is 1. The van der Waals surface area contributed by atoms with E-state index in [4.69, 9.17) is 9.56 Å². The summed E-state index contributed by atoms with van der Waals surface area (Å²) >= 11 is 0. The first kappa shape index (κ1) is 18.7. The number of nitrogens with zero attached hydrogens (tertiary/aromatic N) is 1. The van der Waals surface area contributed by atoms with Crippen molar-refractivity contribution >= 4 is 21.9 Å². The maximum atomic E-state index is 12.5. The van der Waals surface area contributed by atoms with Gasteiger partial charge in [0.25, 0.3) is 5.91 Å². The zero-order valence-electron chi connectivity index (χ0n) is 13.5. The van der Waals surface area contributed by atoms with Crippen LogP contribution in [0.15, 0.2) is 52.0 Å². The van der Waals surface area contributed by atoms with Gasteiger partial charge in [0.1, 0.15) is 0 Å². The van der Waals surface area contributed by atoms with Crippen LogP contribution in [0.5, 0.6) is 0 Å². The molecule has 0 unspecified atom stereocenters. The smallest absolute Gasteiger partial charge is 0.307 e. The molecule has 1 aromatic heterocycles. The van der Waals surface area contributed by atoms with Crippen LogP contribution in [0, 0.1) is 0 Å². The number of esters is 1. The van der Waals surface area contributed by atoms with Crippen LogP contribution in [0.3, 0.4) is 0 Å². The summed E-state index contributed by atoms with van der Waals surface area (Å²) in [6, 6.07) is 8.95. The topological polar surface area (TPSA) is 120 Å². The van der Waals surface area contributed by atoms with E-state index in [2.05, 4.69) is 4.74 Å². The number of rotatable bonds is 7. The van der Waals surface area contributed by atoms with Crippen LogP contribution in [0.1, 0.15) is 22.5 Å². The van der Waals surface area contributed by atoms with E-state index in [1.807, 2.05) is 0 Å². The molecule has 1 aromatic carbocycles. The summed E-state index contributed by atoms with van der Waals surface area (Å²) in [5.41, 5.74) is 0.678. The molecule has 0 saturated carbocycles. The highest BCUT2D eigenvalue weighted by Crippen LogP contribution is 2.14. The molecule has 2 rings (SSSR count). The number of hydrogen-bond acceptors (Lipinski definition) is 6. The van der Waals surface area contributed by atoms with Crippen molar-refractivity contribution in [3.05, 3.63) is 54.0 Å². The molecule has 0 aliphatic carbocycles. The third-order valence-electron chi connectivity index (χ3n) is 3.46. The van der Waals surface area contributed by atoms with Crippen LogP contribution in [0.4, 0.5) is 0 Å². The Labute approximate surface area is 145 Å². The van der Waals surface area contributed by atoms with Crippen molar-refractivity contribution in [3.8, 4) is 0 Å². The number of carbonyl (C=O) groups excluding carboxylic acids is 2. The molecule has 0 aliphatic heterocycles. The second-order valence-electron chi connectivity index (χ2n) is 5.22. The van der Waals surface area contributed by atoms with E-state index in [1.165, 1.54) is 36.5 Å². The number of amides is 1. The van der Waals surface area contributed by atoms with Gasteiger partial charge in [0.15, 0.2) is 5.76 Å². The average Bonchev–Trinajstić information content (AvgIpc) is 3.11. The van der Waals surface area contributed by atoms with E-state index in [-0.39, 0.29) is 36.1 Å². The number of primary sulfonamides is 1. The number of benzene rings is 1. The van der Waals surface area contributed by atoms with E-state index in [9.17, 15) is 18.0 Å². The summed E-state index contributed by atoms with van der Waals surface area (Å²) in [5, 5.41) is 5.06. The first-order valence-corrected chi connectivity index (χ1v) is 8.87. The molecule has 25 heavy (non-hydrogen) atoms.